The van der Waals surface area contributed by atoms with E-state index in [0.717, 1.165) is 32.1 Å². The zero-order valence-electron chi connectivity index (χ0n) is 12.5. The fourth-order valence-corrected chi connectivity index (χ4v) is 2.93. The molecule has 0 bridgehead atoms. The van der Waals surface area contributed by atoms with Crippen molar-refractivity contribution in [2.24, 2.45) is 0 Å². The Morgan fingerprint density at radius 3 is 2.50 bits per heavy atom. The SMILES string of the molecule is CC(C)(C)OC(=O)NC1(C2COC(=O)N2)CCCCC1. The Kier molecular flexibility index (Phi) is 4.11. The first-order valence-electron chi connectivity index (χ1n) is 7.25. The van der Waals surface area contributed by atoms with Gasteiger partial charge in [0.1, 0.15) is 12.2 Å². The van der Waals surface area contributed by atoms with Crippen LogP contribution in [0.4, 0.5) is 9.59 Å². The zero-order chi connectivity index (χ0) is 14.8. The normalized spacial score (nSPS) is 25.6. The molecule has 1 aliphatic carbocycles. The van der Waals surface area contributed by atoms with Crippen LogP contribution in [0.25, 0.3) is 0 Å². The summed E-state index contributed by atoms with van der Waals surface area (Å²) in [5.74, 6) is 0. The van der Waals surface area contributed by atoms with Crippen LogP contribution in [0, 0.1) is 0 Å². The van der Waals surface area contributed by atoms with Crippen molar-refractivity contribution in [3.05, 3.63) is 0 Å². The van der Waals surface area contributed by atoms with Crippen molar-refractivity contribution < 1.29 is 19.1 Å². The number of alkyl carbamates (subject to hydrolysis) is 2. The minimum absolute atomic E-state index is 0.178. The average molecular weight is 284 g/mol. The van der Waals surface area contributed by atoms with Crippen LogP contribution in [0.5, 0.6) is 0 Å². The standard InChI is InChI=1S/C14H24N2O4/c1-13(2,3)20-12(18)16-14(7-5-4-6-8-14)10-9-19-11(17)15-10/h10H,4-9H2,1-3H3,(H,15,17)(H,16,18). The van der Waals surface area contributed by atoms with E-state index in [1.165, 1.54) is 0 Å². The number of rotatable bonds is 2. The highest BCUT2D eigenvalue weighted by Gasteiger charge is 2.45. The molecule has 20 heavy (non-hydrogen) atoms. The summed E-state index contributed by atoms with van der Waals surface area (Å²) in [5, 5.41) is 5.80. The summed E-state index contributed by atoms with van der Waals surface area (Å²) in [7, 11) is 0. The number of cyclic esters (lactones) is 1. The maximum absolute atomic E-state index is 12.1. The molecule has 1 atom stereocenters. The van der Waals surface area contributed by atoms with Gasteiger partial charge in [0.15, 0.2) is 0 Å². The predicted octanol–water partition coefficient (Wildman–Crippen LogP) is 2.32. The first-order valence-corrected chi connectivity index (χ1v) is 7.25. The number of hydrogen-bond acceptors (Lipinski definition) is 4. The van der Waals surface area contributed by atoms with Gasteiger partial charge in [0.25, 0.3) is 0 Å². The van der Waals surface area contributed by atoms with E-state index in [4.69, 9.17) is 9.47 Å². The molecule has 2 N–H and O–H groups in total. The number of carbonyl (C=O) groups is 2. The summed E-state index contributed by atoms with van der Waals surface area (Å²) in [4.78, 5) is 23.4. The van der Waals surface area contributed by atoms with Gasteiger partial charge in [-0.25, -0.2) is 9.59 Å². The van der Waals surface area contributed by atoms with E-state index in [0.29, 0.717) is 6.61 Å². The number of carbonyl (C=O) groups excluding carboxylic acids is 2. The van der Waals surface area contributed by atoms with Crippen molar-refractivity contribution in [3.8, 4) is 0 Å². The molecule has 0 radical (unpaired) electrons. The van der Waals surface area contributed by atoms with Gasteiger partial charge < -0.3 is 20.1 Å². The van der Waals surface area contributed by atoms with Gasteiger partial charge in [-0.05, 0) is 33.6 Å². The van der Waals surface area contributed by atoms with E-state index in [1.807, 2.05) is 20.8 Å². The largest absolute Gasteiger partial charge is 0.447 e. The molecule has 2 fully saturated rings. The summed E-state index contributed by atoms with van der Waals surface area (Å²) in [5.41, 5.74) is -0.984. The lowest BCUT2D eigenvalue weighted by Crippen LogP contribution is -2.62. The van der Waals surface area contributed by atoms with Gasteiger partial charge >= 0.3 is 12.2 Å². The summed E-state index contributed by atoms with van der Waals surface area (Å²) in [6.45, 7) is 5.80. The van der Waals surface area contributed by atoms with Crippen molar-refractivity contribution in [1.29, 1.82) is 0 Å². The highest BCUT2D eigenvalue weighted by molar-refractivity contribution is 5.72. The summed E-state index contributed by atoms with van der Waals surface area (Å²) < 4.78 is 10.3. The quantitative estimate of drug-likeness (QED) is 0.816. The predicted molar refractivity (Wildman–Crippen MR) is 73.5 cm³/mol. The molecule has 1 saturated heterocycles. The number of hydrogen-bond donors (Lipinski definition) is 2. The Morgan fingerprint density at radius 2 is 2.00 bits per heavy atom. The summed E-state index contributed by atoms with van der Waals surface area (Å²) in [6, 6.07) is -0.178. The maximum atomic E-state index is 12.1. The molecule has 1 aliphatic heterocycles. The van der Waals surface area contributed by atoms with E-state index in [1.54, 1.807) is 0 Å². The molecule has 6 nitrogen and oxygen atoms in total. The average Bonchev–Trinajstić information content (AvgIpc) is 2.75. The lowest BCUT2D eigenvalue weighted by Gasteiger charge is -2.41. The van der Waals surface area contributed by atoms with Gasteiger partial charge in [0.05, 0.1) is 11.6 Å². The van der Waals surface area contributed by atoms with Crippen molar-refractivity contribution in [3.63, 3.8) is 0 Å². The van der Waals surface area contributed by atoms with Gasteiger partial charge in [-0.15, -0.1) is 0 Å². The molecule has 0 aromatic heterocycles. The second-order valence-electron chi connectivity index (χ2n) is 6.64. The smallest absolute Gasteiger partial charge is 0.408 e. The first kappa shape index (κ1) is 14.9. The molecule has 6 heteroatoms. The molecule has 0 aromatic rings. The third-order valence-electron chi connectivity index (χ3n) is 3.84. The van der Waals surface area contributed by atoms with Gasteiger partial charge in [0.2, 0.25) is 0 Å². The molecule has 1 unspecified atom stereocenters. The molecule has 0 aromatic carbocycles. The lowest BCUT2D eigenvalue weighted by molar-refractivity contribution is 0.0383. The van der Waals surface area contributed by atoms with Crippen molar-refractivity contribution >= 4 is 12.2 Å². The molecule has 114 valence electrons. The molecule has 2 aliphatic rings. The maximum Gasteiger partial charge on any atom is 0.408 e. The Hall–Kier alpha value is -1.46. The van der Waals surface area contributed by atoms with Crippen LogP contribution in [-0.2, 0) is 9.47 Å². The van der Waals surface area contributed by atoms with Crippen LogP contribution in [-0.4, -0.2) is 36.0 Å². The monoisotopic (exact) mass is 284 g/mol. The third kappa shape index (κ3) is 3.55. The summed E-state index contributed by atoms with van der Waals surface area (Å²) >= 11 is 0. The Morgan fingerprint density at radius 1 is 1.35 bits per heavy atom. The van der Waals surface area contributed by atoms with Crippen LogP contribution in [0.15, 0.2) is 0 Å². The van der Waals surface area contributed by atoms with E-state index >= 15 is 0 Å². The molecule has 2 rings (SSSR count). The minimum atomic E-state index is -0.532. The molecule has 1 heterocycles. The molecule has 1 saturated carbocycles. The number of amides is 2. The fourth-order valence-electron chi connectivity index (χ4n) is 2.93. The zero-order valence-corrected chi connectivity index (χ0v) is 12.5. The van der Waals surface area contributed by atoms with Crippen molar-refractivity contribution in [2.75, 3.05) is 6.61 Å². The topological polar surface area (TPSA) is 76.7 Å². The lowest BCUT2D eigenvalue weighted by atomic mass is 9.76. The van der Waals surface area contributed by atoms with Crippen LogP contribution in [0.1, 0.15) is 52.9 Å². The summed E-state index contributed by atoms with van der Waals surface area (Å²) in [6.07, 6.45) is 4.04. The molecular weight excluding hydrogens is 260 g/mol. The molecule has 2 amide bonds. The second-order valence-corrected chi connectivity index (χ2v) is 6.64. The van der Waals surface area contributed by atoms with Crippen molar-refractivity contribution in [2.45, 2.75) is 70.1 Å². The van der Waals surface area contributed by atoms with Gasteiger partial charge in [-0.2, -0.15) is 0 Å². The Bertz CT molecular complexity index is 383. The van der Waals surface area contributed by atoms with Gasteiger partial charge in [-0.1, -0.05) is 19.3 Å². The van der Waals surface area contributed by atoms with Crippen LogP contribution >= 0.6 is 0 Å². The third-order valence-corrected chi connectivity index (χ3v) is 3.84. The molecular formula is C14H24N2O4. The second kappa shape index (κ2) is 5.50. The van der Waals surface area contributed by atoms with Gasteiger partial charge in [-0.3, -0.25) is 0 Å². The van der Waals surface area contributed by atoms with Crippen LogP contribution in [0.2, 0.25) is 0 Å². The van der Waals surface area contributed by atoms with Crippen LogP contribution in [0.3, 0.4) is 0 Å². The Labute approximate surface area is 119 Å². The number of nitrogens with one attached hydrogen (secondary N) is 2. The molecule has 0 spiro atoms. The van der Waals surface area contributed by atoms with E-state index in [2.05, 4.69) is 10.6 Å². The van der Waals surface area contributed by atoms with Gasteiger partial charge in [0, 0.05) is 0 Å². The first-order chi connectivity index (χ1) is 9.31. The van der Waals surface area contributed by atoms with E-state index in [9.17, 15) is 9.59 Å². The van der Waals surface area contributed by atoms with E-state index < -0.39 is 23.3 Å². The van der Waals surface area contributed by atoms with E-state index in [-0.39, 0.29) is 6.04 Å². The highest BCUT2D eigenvalue weighted by Crippen LogP contribution is 2.33. The Balaban J connectivity index is 2.07. The fraction of sp³-hybridized carbons (Fsp3) is 0.857. The van der Waals surface area contributed by atoms with Crippen molar-refractivity contribution in [1.82, 2.24) is 10.6 Å². The van der Waals surface area contributed by atoms with Crippen LogP contribution < -0.4 is 10.6 Å². The minimum Gasteiger partial charge on any atom is -0.447 e. The number of ether oxygens (including phenoxy) is 2. The highest BCUT2D eigenvalue weighted by atomic mass is 16.6.